The Morgan fingerprint density at radius 1 is 1.10 bits per heavy atom. The minimum Gasteiger partial charge on any atom is -0.507 e. The summed E-state index contributed by atoms with van der Waals surface area (Å²) in [7, 11) is 0. The Hall–Kier alpha value is -2.05. The van der Waals surface area contributed by atoms with Gasteiger partial charge in [0, 0.05) is 9.50 Å². The quantitative estimate of drug-likeness (QED) is 0.768. The molecule has 7 heteroatoms. The Labute approximate surface area is 133 Å². The smallest absolute Gasteiger partial charge is 0.337 e. The molecule has 0 aliphatic heterocycles. The van der Waals surface area contributed by atoms with E-state index in [1.165, 1.54) is 30.3 Å². The van der Waals surface area contributed by atoms with E-state index >= 15 is 0 Å². The second kappa shape index (κ2) is 6.15. The molecule has 108 valence electrons. The van der Waals surface area contributed by atoms with Crippen LogP contribution < -0.4 is 5.32 Å². The average Bonchev–Trinajstić information content (AvgIpc) is 2.43. The van der Waals surface area contributed by atoms with Gasteiger partial charge in [-0.15, -0.1) is 0 Å². The van der Waals surface area contributed by atoms with E-state index in [4.69, 9.17) is 16.7 Å². The normalized spacial score (nSPS) is 10.2. The molecule has 0 bridgehead atoms. The van der Waals surface area contributed by atoms with Gasteiger partial charge in [0.15, 0.2) is 0 Å². The summed E-state index contributed by atoms with van der Waals surface area (Å²) in [6.07, 6.45) is 0. The highest BCUT2D eigenvalue weighted by molar-refractivity contribution is 9.10. The monoisotopic (exact) mass is 369 g/mol. The van der Waals surface area contributed by atoms with Crippen LogP contribution in [0.25, 0.3) is 0 Å². The van der Waals surface area contributed by atoms with Crippen molar-refractivity contribution in [3.63, 3.8) is 0 Å². The predicted octanol–water partition coefficient (Wildman–Crippen LogP) is 3.76. The average molecular weight is 371 g/mol. The highest BCUT2D eigenvalue weighted by atomic mass is 79.9. The van der Waals surface area contributed by atoms with Gasteiger partial charge in [-0.05, 0) is 36.4 Å². The van der Waals surface area contributed by atoms with E-state index in [1.54, 1.807) is 6.07 Å². The summed E-state index contributed by atoms with van der Waals surface area (Å²) in [5, 5.41) is 21.5. The van der Waals surface area contributed by atoms with Crippen LogP contribution in [0.3, 0.4) is 0 Å². The SMILES string of the molecule is O=C(Nc1ccc(Br)cc1C(=O)O)c1cc(Cl)ccc1O. The van der Waals surface area contributed by atoms with E-state index in [9.17, 15) is 14.7 Å². The van der Waals surface area contributed by atoms with Crippen molar-refractivity contribution in [3.8, 4) is 5.75 Å². The number of anilines is 1. The molecule has 0 saturated carbocycles. The van der Waals surface area contributed by atoms with Gasteiger partial charge in [-0.3, -0.25) is 4.79 Å². The first-order chi connectivity index (χ1) is 9.88. The molecule has 0 aliphatic rings. The van der Waals surface area contributed by atoms with E-state index in [1.807, 2.05) is 0 Å². The number of carbonyl (C=O) groups is 2. The van der Waals surface area contributed by atoms with Crippen LogP contribution in [0.1, 0.15) is 20.7 Å². The molecule has 21 heavy (non-hydrogen) atoms. The van der Waals surface area contributed by atoms with Gasteiger partial charge in [0.2, 0.25) is 0 Å². The third-order valence-electron chi connectivity index (χ3n) is 2.66. The Kier molecular flexibility index (Phi) is 4.50. The number of phenols is 1. The largest absolute Gasteiger partial charge is 0.507 e. The van der Waals surface area contributed by atoms with Crippen LogP contribution >= 0.6 is 27.5 Å². The zero-order valence-corrected chi connectivity index (χ0v) is 12.8. The van der Waals surface area contributed by atoms with Crippen LogP contribution in [0.5, 0.6) is 5.75 Å². The molecule has 5 nitrogen and oxygen atoms in total. The zero-order chi connectivity index (χ0) is 15.6. The van der Waals surface area contributed by atoms with Crippen LogP contribution in [0.4, 0.5) is 5.69 Å². The highest BCUT2D eigenvalue weighted by Crippen LogP contribution is 2.25. The summed E-state index contributed by atoms with van der Waals surface area (Å²) >= 11 is 8.94. The van der Waals surface area contributed by atoms with Crippen molar-refractivity contribution in [1.29, 1.82) is 0 Å². The number of benzene rings is 2. The van der Waals surface area contributed by atoms with Crippen molar-refractivity contribution < 1.29 is 19.8 Å². The lowest BCUT2D eigenvalue weighted by atomic mass is 10.1. The van der Waals surface area contributed by atoms with Crippen molar-refractivity contribution in [1.82, 2.24) is 0 Å². The van der Waals surface area contributed by atoms with Crippen molar-refractivity contribution in [2.24, 2.45) is 0 Å². The number of aromatic hydroxyl groups is 1. The fourth-order valence-corrected chi connectivity index (χ4v) is 2.22. The van der Waals surface area contributed by atoms with E-state index in [0.29, 0.717) is 4.47 Å². The molecule has 0 aromatic heterocycles. The molecule has 0 atom stereocenters. The number of amides is 1. The number of hydrogen-bond acceptors (Lipinski definition) is 3. The summed E-state index contributed by atoms with van der Waals surface area (Å²) in [5.41, 5.74) is 0.0103. The summed E-state index contributed by atoms with van der Waals surface area (Å²) < 4.78 is 0.573. The van der Waals surface area contributed by atoms with Gasteiger partial charge in [0.25, 0.3) is 5.91 Å². The number of carboxylic acids is 1. The van der Waals surface area contributed by atoms with Crippen molar-refractivity contribution in [2.45, 2.75) is 0 Å². The molecule has 0 spiro atoms. The molecule has 0 radical (unpaired) electrons. The van der Waals surface area contributed by atoms with E-state index in [0.717, 1.165) is 0 Å². The molecule has 0 saturated heterocycles. The number of rotatable bonds is 3. The fourth-order valence-electron chi connectivity index (χ4n) is 1.68. The molecule has 0 fully saturated rings. The van der Waals surface area contributed by atoms with Crippen molar-refractivity contribution >= 4 is 45.1 Å². The fraction of sp³-hybridized carbons (Fsp3) is 0. The molecule has 1 amide bonds. The number of aromatic carboxylic acids is 1. The molecule has 2 aromatic carbocycles. The van der Waals surface area contributed by atoms with E-state index < -0.39 is 11.9 Å². The van der Waals surface area contributed by atoms with Crippen LogP contribution in [0.15, 0.2) is 40.9 Å². The lowest BCUT2D eigenvalue weighted by Crippen LogP contribution is -2.15. The topological polar surface area (TPSA) is 86.6 Å². The zero-order valence-electron chi connectivity index (χ0n) is 10.4. The molecular formula is C14H9BrClNO4. The van der Waals surface area contributed by atoms with Gasteiger partial charge < -0.3 is 15.5 Å². The number of nitrogens with one attached hydrogen (secondary N) is 1. The maximum absolute atomic E-state index is 12.1. The van der Waals surface area contributed by atoms with Crippen molar-refractivity contribution in [2.75, 3.05) is 5.32 Å². The lowest BCUT2D eigenvalue weighted by molar-refractivity contribution is 0.0698. The number of phenolic OH excluding ortho intramolecular Hbond substituents is 1. The van der Waals surface area contributed by atoms with Gasteiger partial charge in [0.05, 0.1) is 16.8 Å². The third kappa shape index (κ3) is 3.53. The number of halogens is 2. The third-order valence-corrected chi connectivity index (χ3v) is 3.39. The molecule has 0 heterocycles. The first-order valence-corrected chi connectivity index (χ1v) is 6.88. The lowest BCUT2D eigenvalue weighted by Gasteiger charge is -2.10. The second-order valence-electron chi connectivity index (χ2n) is 4.11. The maximum atomic E-state index is 12.1. The molecule has 2 aromatic rings. The molecule has 3 N–H and O–H groups in total. The molecule has 2 rings (SSSR count). The summed E-state index contributed by atoms with van der Waals surface area (Å²) in [6.45, 7) is 0. The van der Waals surface area contributed by atoms with Gasteiger partial charge in [-0.25, -0.2) is 4.79 Å². The molecular weight excluding hydrogens is 362 g/mol. The maximum Gasteiger partial charge on any atom is 0.337 e. The van der Waals surface area contributed by atoms with E-state index in [-0.39, 0.29) is 27.6 Å². The highest BCUT2D eigenvalue weighted by Gasteiger charge is 2.16. The molecule has 0 aliphatic carbocycles. The first-order valence-electron chi connectivity index (χ1n) is 5.71. The van der Waals surface area contributed by atoms with Gasteiger partial charge >= 0.3 is 5.97 Å². The van der Waals surface area contributed by atoms with Gasteiger partial charge in [0.1, 0.15) is 5.75 Å². The van der Waals surface area contributed by atoms with Crippen LogP contribution in [0.2, 0.25) is 5.02 Å². The van der Waals surface area contributed by atoms with Gasteiger partial charge in [-0.2, -0.15) is 0 Å². The Bertz CT molecular complexity index is 733. The van der Waals surface area contributed by atoms with Crippen LogP contribution in [0, 0.1) is 0 Å². The van der Waals surface area contributed by atoms with Crippen LogP contribution in [-0.4, -0.2) is 22.1 Å². The Morgan fingerprint density at radius 2 is 1.81 bits per heavy atom. The second-order valence-corrected chi connectivity index (χ2v) is 5.46. The Balaban J connectivity index is 2.36. The number of carbonyl (C=O) groups excluding carboxylic acids is 1. The summed E-state index contributed by atoms with van der Waals surface area (Å²) in [6, 6.07) is 8.45. The van der Waals surface area contributed by atoms with E-state index in [2.05, 4.69) is 21.2 Å². The number of hydrogen-bond donors (Lipinski definition) is 3. The summed E-state index contributed by atoms with van der Waals surface area (Å²) in [5.74, 6) is -2.08. The van der Waals surface area contributed by atoms with Crippen LogP contribution in [-0.2, 0) is 0 Å². The first kappa shape index (κ1) is 15.3. The predicted molar refractivity (Wildman–Crippen MR) is 82.2 cm³/mol. The summed E-state index contributed by atoms with van der Waals surface area (Å²) in [4.78, 5) is 23.3. The minimum absolute atomic E-state index is 0.0400. The Morgan fingerprint density at radius 3 is 2.48 bits per heavy atom. The molecule has 0 unspecified atom stereocenters. The standard InChI is InChI=1S/C14H9BrClNO4/c15-7-1-3-11(9(5-7)14(20)21)17-13(19)10-6-8(16)2-4-12(10)18/h1-6,18H,(H,17,19)(H,20,21). The number of carboxylic acid groups (broad SMARTS) is 1. The van der Waals surface area contributed by atoms with Gasteiger partial charge in [-0.1, -0.05) is 27.5 Å². The van der Waals surface area contributed by atoms with Crippen molar-refractivity contribution in [3.05, 3.63) is 57.0 Å². The minimum atomic E-state index is -1.18.